The highest BCUT2D eigenvalue weighted by molar-refractivity contribution is 6.69. The van der Waals surface area contributed by atoms with Gasteiger partial charge in [-0.05, 0) is 50.6 Å². The van der Waals surface area contributed by atoms with Crippen LogP contribution < -0.4 is 0 Å². The van der Waals surface area contributed by atoms with Crippen LogP contribution in [0.3, 0.4) is 0 Å². The zero-order valence-electron chi connectivity index (χ0n) is 22.4. The molecule has 0 aliphatic carbocycles. The van der Waals surface area contributed by atoms with Crippen LogP contribution in [0.1, 0.15) is 37.3 Å². The number of likely N-dealkylation sites (tertiary alicyclic amines) is 1. The molecule has 10 heteroatoms. The van der Waals surface area contributed by atoms with Crippen molar-refractivity contribution in [2.24, 2.45) is 5.16 Å². The molecule has 2 aromatic rings. The number of hydrogen-bond acceptors (Lipinski definition) is 8. The summed E-state index contributed by atoms with van der Waals surface area (Å²) in [5.74, 6) is -0.500. The van der Waals surface area contributed by atoms with E-state index in [0.29, 0.717) is 18.5 Å². The normalized spacial score (nSPS) is 16.4. The molecule has 3 rings (SSSR count). The Hall–Kier alpha value is -3.01. The van der Waals surface area contributed by atoms with E-state index in [2.05, 4.69) is 15.0 Å². The van der Waals surface area contributed by atoms with Crippen molar-refractivity contribution in [3.8, 4) is 0 Å². The van der Waals surface area contributed by atoms with Gasteiger partial charge in [0.25, 0.3) is 0 Å². The van der Waals surface area contributed by atoms with E-state index in [1.807, 2.05) is 30.3 Å². The van der Waals surface area contributed by atoms with Crippen molar-refractivity contribution < 1.29 is 28.4 Å². The summed E-state index contributed by atoms with van der Waals surface area (Å²) in [5, 5.41) is 4.16. The van der Waals surface area contributed by atoms with Gasteiger partial charge in [0, 0.05) is 30.9 Å². The number of rotatable bonds is 12. The van der Waals surface area contributed by atoms with Gasteiger partial charge in [0.1, 0.15) is 0 Å². The Morgan fingerprint density at radius 3 is 2.50 bits per heavy atom. The maximum atomic E-state index is 13.7. The molecule has 1 aromatic carbocycles. The number of likely N-dealkylation sites (N-methyl/N-ethyl adjacent to an activating group) is 1. The van der Waals surface area contributed by atoms with Crippen LogP contribution in [0.2, 0.25) is 0 Å². The lowest BCUT2D eigenvalue weighted by Gasteiger charge is -2.34. The standard InChI is InChI=1S/C28H38ClN4O5/c1-4-36-28(35)33(2,3)25(18-22-12-7-5-8-13-22)27(34)38-24(20-32-16-9-6-10-17-32)21-37-31-26(29)23-14-11-15-30-19-23/h5,7-8,11-15,19,24-25H,4,6,9-10,16-18,20-21H2,1-3H3/q+1/t24-,25+/m0/s1. The molecule has 1 saturated heterocycles. The fourth-order valence-corrected chi connectivity index (χ4v) is 4.50. The van der Waals surface area contributed by atoms with Crippen molar-refractivity contribution in [1.29, 1.82) is 0 Å². The lowest BCUT2D eigenvalue weighted by atomic mass is 10.0. The first-order valence-corrected chi connectivity index (χ1v) is 13.4. The lowest BCUT2D eigenvalue weighted by Crippen LogP contribution is -2.59. The first-order chi connectivity index (χ1) is 18.3. The number of esters is 1. The first kappa shape index (κ1) is 29.5. The van der Waals surface area contributed by atoms with Crippen molar-refractivity contribution in [2.45, 2.75) is 44.8 Å². The Morgan fingerprint density at radius 2 is 1.84 bits per heavy atom. The summed E-state index contributed by atoms with van der Waals surface area (Å²) in [4.78, 5) is 38.4. The molecule has 2 atom stereocenters. The van der Waals surface area contributed by atoms with Crippen molar-refractivity contribution >= 4 is 28.8 Å². The third-order valence-corrected chi connectivity index (χ3v) is 6.85. The number of oxime groups is 1. The summed E-state index contributed by atoms with van der Waals surface area (Å²) in [6.45, 7) is 4.32. The van der Waals surface area contributed by atoms with Gasteiger partial charge in [-0.15, -0.1) is 0 Å². The molecule has 0 bridgehead atoms. The number of ether oxygens (including phenoxy) is 2. The molecule has 2 heterocycles. The number of aromatic nitrogens is 1. The second-order valence-electron chi connectivity index (χ2n) is 9.78. The lowest BCUT2D eigenvalue weighted by molar-refractivity contribution is -0.834. The number of hydrogen-bond donors (Lipinski definition) is 0. The number of halogens is 1. The van der Waals surface area contributed by atoms with E-state index in [9.17, 15) is 9.59 Å². The van der Waals surface area contributed by atoms with Gasteiger partial charge in [-0.1, -0.05) is 53.5 Å². The van der Waals surface area contributed by atoms with E-state index in [4.69, 9.17) is 25.9 Å². The Bertz CT molecular complexity index is 1050. The Morgan fingerprint density at radius 1 is 1.11 bits per heavy atom. The highest BCUT2D eigenvalue weighted by Crippen LogP contribution is 2.19. The van der Waals surface area contributed by atoms with Gasteiger partial charge in [0.15, 0.2) is 17.9 Å². The zero-order chi connectivity index (χ0) is 27.4. The Labute approximate surface area is 229 Å². The van der Waals surface area contributed by atoms with E-state index in [0.717, 1.165) is 31.5 Å². The van der Waals surface area contributed by atoms with Crippen LogP contribution in [0.15, 0.2) is 60.0 Å². The van der Waals surface area contributed by atoms with E-state index in [1.165, 1.54) is 6.42 Å². The third-order valence-electron chi connectivity index (χ3n) is 6.56. The molecule has 1 fully saturated rings. The first-order valence-electron chi connectivity index (χ1n) is 13.0. The fraction of sp³-hybridized carbons (Fsp3) is 0.500. The second kappa shape index (κ2) is 14.8. The average molecular weight is 546 g/mol. The van der Waals surface area contributed by atoms with Gasteiger partial charge in [0.2, 0.25) is 6.04 Å². The Kier molecular flexibility index (Phi) is 11.5. The van der Waals surface area contributed by atoms with Crippen molar-refractivity contribution in [2.75, 3.05) is 46.9 Å². The molecule has 0 spiro atoms. The number of quaternary nitrogens is 1. The van der Waals surface area contributed by atoms with Crippen LogP contribution in [-0.2, 0) is 25.5 Å². The largest absolute Gasteiger partial charge is 0.516 e. The maximum Gasteiger partial charge on any atom is 0.516 e. The van der Waals surface area contributed by atoms with Crippen LogP contribution >= 0.6 is 11.6 Å². The summed E-state index contributed by atoms with van der Waals surface area (Å²) in [6, 6.07) is 12.3. The summed E-state index contributed by atoms with van der Waals surface area (Å²) in [6.07, 6.45) is 5.81. The minimum absolute atomic E-state index is 0.0175. The average Bonchev–Trinajstić information content (AvgIpc) is 2.93. The van der Waals surface area contributed by atoms with Gasteiger partial charge in [-0.25, -0.2) is 9.28 Å². The molecule has 0 N–H and O–H groups in total. The van der Waals surface area contributed by atoms with Crippen LogP contribution in [-0.4, -0.2) is 90.7 Å². The molecule has 9 nitrogen and oxygen atoms in total. The minimum Gasteiger partial charge on any atom is -0.453 e. The summed E-state index contributed by atoms with van der Waals surface area (Å²) in [7, 11) is 3.34. The Balaban J connectivity index is 1.77. The van der Waals surface area contributed by atoms with Crippen molar-refractivity contribution in [3.05, 3.63) is 66.0 Å². The van der Waals surface area contributed by atoms with E-state index >= 15 is 0 Å². The van der Waals surface area contributed by atoms with Gasteiger partial charge in [0.05, 0.1) is 20.7 Å². The highest BCUT2D eigenvalue weighted by atomic mass is 35.5. The van der Waals surface area contributed by atoms with Crippen molar-refractivity contribution in [3.63, 3.8) is 0 Å². The van der Waals surface area contributed by atoms with Gasteiger partial charge < -0.3 is 14.3 Å². The van der Waals surface area contributed by atoms with Crippen molar-refractivity contribution in [1.82, 2.24) is 9.88 Å². The number of benzene rings is 1. The van der Waals surface area contributed by atoms with E-state index in [-0.39, 0.29) is 22.9 Å². The SMILES string of the molecule is CCOC(=O)[N+](C)(C)[C@H](Cc1ccccc1)C(=O)O[C@H](CON=C(Cl)c1cccnc1)CN1CCCCC1. The molecule has 1 aliphatic rings. The van der Waals surface area contributed by atoms with Crippen LogP contribution in [0.25, 0.3) is 0 Å². The monoisotopic (exact) mass is 545 g/mol. The van der Waals surface area contributed by atoms with Gasteiger partial charge >= 0.3 is 12.1 Å². The molecule has 38 heavy (non-hydrogen) atoms. The topological polar surface area (TPSA) is 90.3 Å². The molecule has 1 aliphatic heterocycles. The number of amides is 1. The molecular formula is C28H38ClN4O5+. The van der Waals surface area contributed by atoms with Crippen LogP contribution in [0, 0.1) is 0 Å². The number of carbonyl (C=O) groups is 2. The molecule has 206 valence electrons. The quantitative estimate of drug-likeness (QED) is 0.170. The predicted octanol–water partition coefficient (Wildman–Crippen LogP) is 4.24. The zero-order valence-corrected chi connectivity index (χ0v) is 23.2. The molecule has 0 saturated carbocycles. The smallest absolute Gasteiger partial charge is 0.453 e. The summed E-state index contributed by atoms with van der Waals surface area (Å²) in [5.41, 5.74) is 1.54. The van der Waals surface area contributed by atoms with E-state index in [1.54, 1.807) is 45.5 Å². The van der Waals surface area contributed by atoms with E-state index < -0.39 is 24.2 Å². The summed E-state index contributed by atoms with van der Waals surface area (Å²) >= 11 is 6.27. The predicted molar refractivity (Wildman–Crippen MR) is 146 cm³/mol. The summed E-state index contributed by atoms with van der Waals surface area (Å²) < 4.78 is 11.0. The maximum absolute atomic E-state index is 13.7. The molecule has 1 amide bonds. The van der Waals surface area contributed by atoms with Gasteiger partial charge in [-0.2, -0.15) is 4.79 Å². The molecule has 1 aromatic heterocycles. The fourth-order valence-electron chi connectivity index (χ4n) is 4.34. The molecule has 0 unspecified atom stereocenters. The number of carbonyl (C=O) groups excluding carboxylic acids is 2. The number of piperidine rings is 1. The number of pyridine rings is 1. The highest BCUT2D eigenvalue weighted by Gasteiger charge is 2.44. The second-order valence-corrected chi connectivity index (χ2v) is 10.1. The molecule has 0 radical (unpaired) electrons. The van der Waals surface area contributed by atoms with Crippen LogP contribution in [0.4, 0.5) is 4.79 Å². The minimum atomic E-state index is -0.817. The molecular weight excluding hydrogens is 508 g/mol. The van der Waals surface area contributed by atoms with Crippen LogP contribution in [0.5, 0.6) is 0 Å². The number of nitrogens with zero attached hydrogens (tertiary/aromatic N) is 4. The van der Waals surface area contributed by atoms with Gasteiger partial charge in [-0.3, -0.25) is 9.88 Å². The third kappa shape index (κ3) is 8.79.